The number of carbonyl (C=O) groups is 2. The number of anilines is 2. The summed E-state index contributed by atoms with van der Waals surface area (Å²) >= 11 is 7.11. The SMILES string of the molecule is CCc1nnsc1C(=O)Nc1ccc(NC(C)=O)c(Cl)c1. The molecule has 0 fully saturated rings. The number of carbonyl (C=O) groups excluding carboxylic acids is 2. The first kappa shape index (κ1) is 15.4. The van der Waals surface area contributed by atoms with Crippen LogP contribution in [0.3, 0.4) is 0 Å². The zero-order valence-corrected chi connectivity index (χ0v) is 13.0. The van der Waals surface area contributed by atoms with E-state index in [-0.39, 0.29) is 11.8 Å². The highest BCUT2D eigenvalue weighted by Gasteiger charge is 2.15. The van der Waals surface area contributed by atoms with Crippen molar-refractivity contribution in [3.63, 3.8) is 0 Å². The van der Waals surface area contributed by atoms with Gasteiger partial charge in [0.1, 0.15) is 4.88 Å². The van der Waals surface area contributed by atoms with E-state index in [0.29, 0.717) is 33.4 Å². The van der Waals surface area contributed by atoms with Gasteiger partial charge in [-0.1, -0.05) is 23.0 Å². The van der Waals surface area contributed by atoms with Gasteiger partial charge in [-0.05, 0) is 36.2 Å². The molecule has 1 aromatic heterocycles. The molecule has 8 heteroatoms. The van der Waals surface area contributed by atoms with Crippen molar-refractivity contribution >= 4 is 46.3 Å². The molecule has 21 heavy (non-hydrogen) atoms. The molecule has 0 saturated heterocycles. The summed E-state index contributed by atoms with van der Waals surface area (Å²) in [7, 11) is 0. The van der Waals surface area contributed by atoms with Gasteiger partial charge in [0, 0.05) is 12.6 Å². The molecule has 2 amide bonds. The van der Waals surface area contributed by atoms with Crippen molar-refractivity contribution in [2.45, 2.75) is 20.3 Å². The summed E-state index contributed by atoms with van der Waals surface area (Å²) in [5.41, 5.74) is 1.70. The Bertz CT molecular complexity index is 687. The summed E-state index contributed by atoms with van der Waals surface area (Å²) in [5, 5.41) is 9.58. The molecule has 0 radical (unpaired) electrons. The lowest BCUT2D eigenvalue weighted by atomic mass is 10.2. The number of nitrogens with zero attached hydrogens (tertiary/aromatic N) is 2. The first-order chi connectivity index (χ1) is 10.0. The van der Waals surface area contributed by atoms with E-state index in [0.717, 1.165) is 11.5 Å². The molecular formula is C13H13ClN4O2S. The van der Waals surface area contributed by atoms with Crippen LogP contribution in [0.4, 0.5) is 11.4 Å². The molecule has 0 atom stereocenters. The first-order valence-corrected chi connectivity index (χ1v) is 7.36. The normalized spacial score (nSPS) is 10.2. The number of aryl methyl sites for hydroxylation is 1. The van der Waals surface area contributed by atoms with Crippen molar-refractivity contribution in [2.24, 2.45) is 0 Å². The van der Waals surface area contributed by atoms with Crippen LogP contribution >= 0.6 is 23.1 Å². The van der Waals surface area contributed by atoms with Crippen LogP contribution in [0.25, 0.3) is 0 Å². The Hall–Kier alpha value is -1.99. The molecule has 0 aliphatic heterocycles. The minimum Gasteiger partial charge on any atom is -0.325 e. The second-order valence-electron chi connectivity index (χ2n) is 4.23. The van der Waals surface area contributed by atoms with Gasteiger partial charge in [0.15, 0.2) is 0 Å². The van der Waals surface area contributed by atoms with Gasteiger partial charge in [-0.15, -0.1) is 5.10 Å². The number of amides is 2. The van der Waals surface area contributed by atoms with Crippen molar-refractivity contribution in [3.05, 3.63) is 33.8 Å². The molecule has 1 aromatic carbocycles. The Kier molecular flexibility index (Phi) is 4.87. The van der Waals surface area contributed by atoms with Gasteiger partial charge < -0.3 is 10.6 Å². The Morgan fingerprint density at radius 3 is 2.71 bits per heavy atom. The van der Waals surface area contributed by atoms with Crippen LogP contribution in [0.15, 0.2) is 18.2 Å². The summed E-state index contributed by atoms with van der Waals surface area (Å²) in [6.45, 7) is 3.31. The number of halogens is 1. The molecule has 0 bridgehead atoms. The lowest BCUT2D eigenvalue weighted by Crippen LogP contribution is -2.12. The third-order valence-corrected chi connectivity index (χ3v) is 3.71. The minimum absolute atomic E-state index is 0.211. The maximum atomic E-state index is 12.1. The summed E-state index contributed by atoms with van der Waals surface area (Å²) in [5.74, 6) is -0.484. The Morgan fingerprint density at radius 2 is 2.10 bits per heavy atom. The second-order valence-corrected chi connectivity index (χ2v) is 5.39. The zero-order valence-electron chi connectivity index (χ0n) is 11.4. The number of hydrogen-bond donors (Lipinski definition) is 2. The number of aromatic nitrogens is 2. The van der Waals surface area contributed by atoms with E-state index in [4.69, 9.17) is 11.6 Å². The molecule has 1 heterocycles. The van der Waals surface area contributed by atoms with Gasteiger partial charge in [0.05, 0.1) is 16.4 Å². The standard InChI is InChI=1S/C13H13ClN4O2S/c1-3-10-12(21-18-17-10)13(20)16-8-4-5-11(9(14)6-8)15-7(2)19/h4-6H,3H2,1-2H3,(H,15,19)(H,16,20). The predicted octanol–water partition coefficient (Wildman–Crippen LogP) is 2.96. The van der Waals surface area contributed by atoms with Gasteiger partial charge in [0.25, 0.3) is 5.91 Å². The summed E-state index contributed by atoms with van der Waals surface area (Å²) in [4.78, 5) is 23.6. The fraction of sp³-hybridized carbons (Fsp3) is 0.231. The molecule has 2 N–H and O–H groups in total. The van der Waals surface area contributed by atoms with E-state index in [1.807, 2.05) is 6.92 Å². The van der Waals surface area contributed by atoms with Crippen molar-refractivity contribution in [3.8, 4) is 0 Å². The molecule has 0 unspecified atom stereocenters. The van der Waals surface area contributed by atoms with Gasteiger partial charge in [-0.25, -0.2) is 0 Å². The smallest absolute Gasteiger partial charge is 0.269 e. The average Bonchev–Trinajstić information content (AvgIpc) is 2.90. The van der Waals surface area contributed by atoms with Crippen molar-refractivity contribution < 1.29 is 9.59 Å². The van der Waals surface area contributed by atoms with Crippen molar-refractivity contribution in [1.29, 1.82) is 0 Å². The number of rotatable bonds is 4. The molecular weight excluding hydrogens is 312 g/mol. The van der Waals surface area contributed by atoms with E-state index < -0.39 is 0 Å². The molecule has 2 aromatic rings. The van der Waals surface area contributed by atoms with Crippen LogP contribution in [0.1, 0.15) is 29.2 Å². The molecule has 0 aliphatic carbocycles. The van der Waals surface area contributed by atoms with Crippen LogP contribution in [-0.2, 0) is 11.2 Å². The predicted molar refractivity (Wildman–Crippen MR) is 83.0 cm³/mol. The molecule has 0 aliphatic rings. The highest BCUT2D eigenvalue weighted by molar-refractivity contribution is 7.08. The quantitative estimate of drug-likeness (QED) is 0.905. The Labute approximate surface area is 130 Å². The van der Waals surface area contributed by atoms with Crippen LogP contribution in [-0.4, -0.2) is 21.4 Å². The van der Waals surface area contributed by atoms with E-state index >= 15 is 0 Å². The maximum Gasteiger partial charge on any atom is 0.269 e. The second kappa shape index (κ2) is 6.64. The summed E-state index contributed by atoms with van der Waals surface area (Å²) < 4.78 is 3.78. The van der Waals surface area contributed by atoms with Gasteiger partial charge in [-0.3, -0.25) is 9.59 Å². The van der Waals surface area contributed by atoms with E-state index in [1.54, 1.807) is 18.2 Å². The third kappa shape index (κ3) is 3.77. The maximum absolute atomic E-state index is 12.1. The average molecular weight is 325 g/mol. The largest absolute Gasteiger partial charge is 0.325 e. The van der Waals surface area contributed by atoms with Crippen LogP contribution in [0.2, 0.25) is 5.02 Å². The molecule has 110 valence electrons. The fourth-order valence-corrected chi connectivity index (χ4v) is 2.56. The highest BCUT2D eigenvalue weighted by atomic mass is 35.5. The topological polar surface area (TPSA) is 84.0 Å². The van der Waals surface area contributed by atoms with E-state index in [2.05, 4.69) is 20.2 Å². The highest BCUT2D eigenvalue weighted by Crippen LogP contribution is 2.26. The zero-order chi connectivity index (χ0) is 15.4. The van der Waals surface area contributed by atoms with Gasteiger partial charge >= 0.3 is 0 Å². The van der Waals surface area contributed by atoms with Gasteiger partial charge in [0.2, 0.25) is 5.91 Å². The lowest BCUT2D eigenvalue weighted by Gasteiger charge is -2.08. The fourth-order valence-electron chi connectivity index (χ4n) is 1.68. The Morgan fingerprint density at radius 1 is 1.33 bits per heavy atom. The van der Waals surface area contributed by atoms with Crippen molar-refractivity contribution in [2.75, 3.05) is 10.6 Å². The molecule has 0 saturated carbocycles. The third-order valence-electron chi connectivity index (χ3n) is 2.63. The number of hydrogen-bond acceptors (Lipinski definition) is 5. The monoisotopic (exact) mass is 324 g/mol. The summed E-state index contributed by atoms with van der Waals surface area (Å²) in [6.07, 6.45) is 0.640. The molecule has 0 spiro atoms. The summed E-state index contributed by atoms with van der Waals surface area (Å²) in [6, 6.07) is 4.87. The minimum atomic E-state index is -0.273. The Balaban J connectivity index is 2.15. The number of benzene rings is 1. The first-order valence-electron chi connectivity index (χ1n) is 6.21. The van der Waals surface area contributed by atoms with Crippen LogP contribution < -0.4 is 10.6 Å². The van der Waals surface area contributed by atoms with Crippen LogP contribution in [0, 0.1) is 0 Å². The molecule has 2 rings (SSSR count). The van der Waals surface area contributed by atoms with Crippen molar-refractivity contribution in [1.82, 2.24) is 9.59 Å². The molecule has 6 nitrogen and oxygen atoms in total. The number of nitrogens with one attached hydrogen (secondary N) is 2. The van der Waals surface area contributed by atoms with E-state index in [9.17, 15) is 9.59 Å². The van der Waals surface area contributed by atoms with Crippen LogP contribution in [0.5, 0.6) is 0 Å². The van der Waals surface area contributed by atoms with E-state index in [1.165, 1.54) is 6.92 Å². The lowest BCUT2D eigenvalue weighted by molar-refractivity contribution is -0.114. The van der Waals surface area contributed by atoms with Gasteiger partial charge in [-0.2, -0.15) is 0 Å².